The zero-order valence-electron chi connectivity index (χ0n) is 11.1. The zero-order valence-corrected chi connectivity index (χ0v) is 13.5. The van der Waals surface area contributed by atoms with Crippen molar-refractivity contribution in [1.82, 2.24) is 0 Å². The van der Waals surface area contributed by atoms with Crippen LogP contribution >= 0.6 is 27.7 Å². The summed E-state index contributed by atoms with van der Waals surface area (Å²) in [4.78, 5) is 22.7. The minimum Gasteiger partial charge on any atom is -0.468 e. The fourth-order valence-electron chi connectivity index (χ4n) is 1.37. The van der Waals surface area contributed by atoms with Crippen LogP contribution < -0.4 is 11.1 Å². The number of nitrogens with two attached hydrogens (primary N) is 1. The minimum atomic E-state index is -0.623. The van der Waals surface area contributed by atoms with E-state index in [1.165, 1.54) is 18.9 Å². The normalized spacial score (nSPS) is 11.8. The van der Waals surface area contributed by atoms with E-state index < -0.39 is 12.0 Å². The van der Waals surface area contributed by atoms with E-state index >= 15 is 0 Å². The van der Waals surface area contributed by atoms with Gasteiger partial charge in [-0.05, 0) is 36.4 Å². The highest BCUT2D eigenvalue weighted by atomic mass is 79.9. The van der Waals surface area contributed by atoms with Gasteiger partial charge in [0.1, 0.15) is 6.04 Å². The van der Waals surface area contributed by atoms with E-state index in [1.54, 1.807) is 0 Å². The van der Waals surface area contributed by atoms with Crippen LogP contribution in [0.15, 0.2) is 28.7 Å². The second-order valence-corrected chi connectivity index (χ2v) is 6.05. The van der Waals surface area contributed by atoms with Crippen LogP contribution in [0.5, 0.6) is 0 Å². The molecule has 7 heteroatoms. The molecule has 3 N–H and O–H groups in total. The first-order valence-corrected chi connectivity index (χ1v) is 7.94. The first-order valence-electron chi connectivity index (χ1n) is 5.99. The quantitative estimate of drug-likeness (QED) is 0.574. The van der Waals surface area contributed by atoms with E-state index in [9.17, 15) is 9.59 Å². The van der Waals surface area contributed by atoms with E-state index in [0.29, 0.717) is 17.9 Å². The molecular formula is C13H17BrN2O3S. The number of anilines is 1. The third-order valence-corrected chi connectivity index (χ3v) is 3.96. The molecule has 0 saturated heterocycles. The van der Waals surface area contributed by atoms with E-state index in [2.05, 4.69) is 26.0 Å². The van der Waals surface area contributed by atoms with Crippen LogP contribution in [0.2, 0.25) is 0 Å². The number of nitrogens with one attached hydrogen (secondary N) is 1. The number of rotatable bonds is 7. The number of benzene rings is 1. The van der Waals surface area contributed by atoms with Crippen molar-refractivity contribution < 1.29 is 14.3 Å². The Hall–Kier alpha value is -1.05. The van der Waals surface area contributed by atoms with Gasteiger partial charge in [0.2, 0.25) is 5.91 Å². The molecule has 0 aliphatic rings. The minimum absolute atomic E-state index is 0.0797. The number of carbonyl (C=O) groups is 2. The third kappa shape index (κ3) is 6.40. The number of thioether (sulfide) groups is 1. The van der Waals surface area contributed by atoms with Gasteiger partial charge in [-0.25, -0.2) is 0 Å². The monoisotopic (exact) mass is 360 g/mol. The van der Waals surface area contributed by atoms with Gasteiger partial charge < -0.3 is 15.8 Å². The first-order chi connectivity index (χ1) is 9.52. The fraction of sp³-hybridized carbons (Fsp3) is 0.385. The average molecular weight is 361 g/mol. The number of methoxy groups -OCH3 is 1. The van der Waals surface area contributed by atoms with Crippen LogP contribution in [0.3, 0.4) is 0 Å². The number of halogens is 1. The molecule has 5 nitrogen and oxygen atoms in total. The maximum absolute atomic E-state index is 11.7. The van der Waals surface area contributed by atoms with Gasteiger partial charge in [-0.1, -0.05) is 15.9 Å². The molecule has 1 atom stereocenters. The average Bonchev–Trinajstić information content (AvgIpc) is 2.45. The van der Waals surface area contributed by atoms with Crippen molar-refractivity contribution >= 4 is 45.3 Å². The van der Waals surface area contributed by atoms with Gasteiger partial charge in [0.25, 0.3) is 0 Å². The fourth-order valence-corrected chi connectivity index (χ4v) is 2.46. The molecule has 20 heavy (non-hydrogen) atoms. The van der Waals surface area contributed by atoms with Crippen molar-refractivity contribution in [3.63, 3.8) is 0 Å². The van der Waals surface area contributed by atoms with Crippen LogP contribution in [0.25, 0.3) is 0 Å². The molecule has 0 fully saturated rings. The summed E-state index contributed by atoms with van der Waals surface area (Å²) in [6.45, 7) is 0. The molecule has 1 rings (SSSR count). The molecule has 110 valence electrons. The Balaban J connectivity index is 2.20. The van der Waals surface area contributed by atoms with E-state index in [0.717, 1.165) is 10.2 Å². The van der Waals surface area contributed by atoms with Crippen LogP contribution in [-0.4, -0.2) is 36.5 Å². The number of ether oxygens (including phenoxy) is 1. The predicted molar refractivity (Wildman–Crippen MR) is 84.7 cm³/mol. The van der Waals surface area contributed by atoms with E-state index in [-0.39, 0.29) is 5.91 Å². The van der Waals surface area contributed by atoms with E-state index in [1.807, 2.05) is 24.3 Å². The molecule has 0 spiro atoms. The molecule has 1 unspecified atom stereocenters. The van der Waals surface area contributed by atoms with E-state index in [4.69, 9.17) is 5.73 Å². The highest BCUT2D eigenvalue weighted by Crippen LogP contribution is 2.14. The summed E-state index contributed by atoms with van der Waals surface area (Å²) in [7, 11) is 1.31. The summed E-state index contributed by atoms with van der Waals surface area (Å²) >= 11 is 4.76. The van der Waals surface area contributed by atoms with Gasteiger partial charge in [-0.15, -0.1) is 0 Å². The van der Waals surface area contributed by atoms with Gasteiger partial charge >= 0.3 is 5.97 Å². The zero-order chi connectivity index (χ0) is 15.0. The van der Waals surface area contributed by atoms with Crippen LogP contribution in [-0.2, 0) is 14.3 Å². The molecule has 0 heterocycles. The molecule has 1 aromatic carbocycles. The third-order valence-electron chi connectivity index (χ3n) is 2.44. The van der Waals surface area contributed by atoms with Crippen molar-refractivity contribution in [1.29, 1.82) is 0 Å². The number of hydrogen-bond donors (Lipinski definition) is 2. The summed E-state index contributed by atoms with van der Waals surface area (Å²) in [5, 5.41) is 2.79. The SMILES string of the molecule is COC(=O)C(N)CCSCC(=O)Nc1ccc(Br)cc1. The van der Waals surface area contributed by atoms with Crippen LogP contribution in [0.4, 0.5) is 5.69 Å². The Morgan fingerprint density at radius 1 is 1.40 bits per heavy atom. The standard InChI is InChI=1S/C13H17BrN2O3S/c1-19-13(18)11(15)6-7-20-8-12(17)16-10-4-2-9(14)3-5-10/h2-5,11H,6-8,15H2,1H3,(H,16,17). The van der Waals surface area contributed by atoms with Crippen molar-refractivity contribution in [2.45, 2.75) is 12.5 Å². The summed E-state index contributed by atoms with van der Waals surface area (Å²) in [5.41, 5.74) is 6.34. The Labute approximate surface area is 130 Å². The molecule has 0 radical (unpaired) electrons. The number of carbonyl (C=O) groups excluding carboxylic acids is 2. The largest absolute Gasteiger partial charge is 0.468 e. The van der Waals surface area contributed by atoms with Crippen LogP contribution in [0, 0.1) is 0 Å². The van der Waals surface area contributed by atoms with Gasteiger partial charge in [-0.3, -0.25) is 9.59 Å². The topological polar surface area (TPSA) is 81.4 Å². The van der Waals surface area contributed by atoms with Crippen molar-refractivity contribution in [2.24, 2.45) is 5.73 Å². The maximum Gasteiger partial charge on any atom is 0.322 e. The van der Waals surface area contributed by atoms with Crippen molar-refractivity contribution in [3.05, 3.63) is 28.7 Å². The molecule has 0 aliphatic heterocycles. The molecule has 1 aromatic rings. The number of hydrogen-bond acceptors (Lipinski definition) is 5. The second kappa shape index (κ2) is 8.99. The lowest BCUT2D eigenvalue weighted by Gasteiger charge is -2.08. The van der Waals surface area contributed by atoms with Crippen molar-refractivity contribution in [3.8, 4) is 0 Å². The molecule has 0 bridgehead atoms. The number of amides is 1. The van der Waals surface area contributed by atoms with Crippen LogP contribution in [0.1, 0.15) is 6.42 Å². The molecule has 0 saturated carbocycles. The first kappa shape index (κ1) is 17.0. The lowest BCUT2D eigenvalue weighted by atomic mass is 10.2. The highest BCUT2D eigenvalue weighted by molar-refractivity contribution is 9.10. The lowest BCUT2D eigenvalue weighted by molar-refractivity contribution is -0.142. The Kier molecular flexibility index (Phi) is 7.64. The second-order valence-electron chi connectivity index (χ2n) is 4.03. The Morgan fingerprint density at radius 2 is 2.05 bits per heavy atom. The predicted octanol–water partition coefficient (Wildman–Crippen LogP) is 2.01. The van der Waals surface area contributed by atoms with Gasteiger partial charge in [0.05, 0.1) is 12.9 Å². The molecular weight excluding hydrogens is 344 g/mol. The molecule has 0 aromatic heterocycles. The summed E-state index contributed by atoms with van der Waals surface area (Å²) in [6.07, 6.45) is 0.489. The smallest absolute Gasteiger partial charge is 0.322 e. The van der Waals surface area contributed by atoms with Gasteiger partial charge in [0.15, 0.2) is 0 Å². The summed E-state index contributed by atoms with van der Waals surface area (Å²) < 4.78 is 5.48. The van der Waals surface area contributed by atoms with Gasteiger partial charge in [0, 0.05) is 10.2 Å². The Morgan fingerprint density at radius 3 is 2.65 bits per heavy atom. The number of esters is 1. The molecule has 1 amide bonds. The maximum atomic E-state index is 11.7. The van der Waals surface area contributed by atoms with Gasteiger partial charge in [-0.2, -0.15) is 11.8 Å². The van der Waals surface area contributed by atoms with Crippen molar-refractivity contribution in [2.75, 3.05) is 23.9 Å². The molecule has 0 aliphatic carbocycles. The Bertz CT molecular complexity index is 453. The lowest BCUT2D eigenvalue weighted by Crippen LogP contribution is -2.32. The summed E-state index contributed by atoms with van der Waals surface area (Å²) in [6, 6.07) is 6.73. The highest BCUT2D eigenvalue weighted by Gasteiger charge is 2.13. The summed E-state index contributed by atoms with van der Waals surface area (Å²) in [5.74, 6) is 0.447.